The maximum absolute atomic E-state index is 11.9. The Morgan fingerprint density at radius 2 is 2.00 bits per heavy atom. The second-order valence-corrected chi connectivity index (χ2v) is 6.81. The highest BCUT2D eigenvalue weighted by Gasteiger charge is 2.28. The first-order chi connectivity index (χ1) is 8.86. The topological polar surface area (TPSA) is 107 Å². The average Bonchev–Trinajstić information content (AvgIpc) is 2.80. The van der Waals surface area contributed by atoms with Gasteiger partial charge in [-0.25, -0.2) is 4.72 Å². The molecule has 1 rings (SSSR count). The number of hydrogen-bond acceptors (Lipinski definition) is 4. The van der Waals surface area contributed by atoms with E-state index >= 15 is 0 Å². The SMILES string of the molecule is CN(CCC(=O)O)S(=O)(=O)NCC1CCCC1CO. The highest BCUT2D eigenvalue weighted by Crippen LogP contribution is 2.30. The molecule has 1 aliphatic rings. The van der Waals surface area contributed by atoms with E-state index in [1.807, 2.05) is 0 Å². The van der Waals surface area contributed by atoms with Crippen molar-refractivity contribution in [1.82, 2.24) is 9.03 Å². The number of carbonyl (C=O) groups is 1. The van der Waals surface area contributed by atoms with Crippen LogP contribution in [0.25, 0.3) is 0 Å². The van der Waals surface area contributed by atoms with Crippen LogP contribution in [0.4, 0.5) is 0 Å². The van der Waals surface area contributed by atoms with Gasteiger partial charge in [0.25, 0.3) is 10.2 Å². The Hall–Kier alpha value is -0.700. The summed E-state index contributed by atoms with van der Waals surface area (Å²) in [6, 6.07) is 0. The van der Waals surface area contributed by atoms with Gasteiger partial charge in [0.15, 0.2) is 0 Å². The predicted octanol–water partition coefficient (Wildman–Crippen LogP) is -0.364. The number of hydrogen-bond donors (Lipinski definition) is 3. The molecule has 0 amide bonds. The number of nitrogens with one attached hydrogen (secondary N) is 1. The largest absolute Gasteiger partial charge is 0.481 e. The molecule has 3 N–H and O–H groups in total. The van der Waals surface area contributed by atoms with Crippen LogP contribution in [0.3, 0.4) is 0 Å². The minimum atomic E-state index is -3.64. The van der Waals surface area contributed by atoms with Crippen LogP contribution in [-0.4, -0.2) is 55.6 Å². The van der Waals surface area contributed by atoms with Crippen LogP contribution in [-0.2, 0) is 15.0 Å². The maximum Gasteiger partial charge on any atom is 0.304 e. The van der Waals surface area contributed by atoms with Crippen LogP contribution in [0.5, 0.6) is 0 Å². The summed E-state index contributed by atoms with van der Waals surface area (Å²) in [4.78, 5) is 10.4. The number of carboxylic acids is 1. The van der Waals surface area contributed by atoms with Crippen molar-refractivity contribution in [2.45, 2.75) is 25.7 Å². The quantitative estimate of drug-likeness (QED) is 0.566. The molecule has 0 aromatic rings. The first-order valence-corrected chi connectivity index (χ1v) is 7.84. The number of aliphatic hydroxyl groups excluding tert-OH is 1. The molecule has 2 atom stereocenters. The molecule has 0 radical (unpaired) electrons. The zero-order valence-corrected chi connectivity index (χ0v) is 11.9. The van der Waals surface area contributed by atoms with Crippen LogP contribution in [0.1, 0.15) is 25.7 Å². The highest BCUT2D eigenvalue weighted by molar-refractivity contribution is 7.87. The van der Waals surface area contributed by atoms with Gasteiger partial charge in [-0.1, -0.05) is 6.42 Å². The lowest BCUT2D eigenvalue weighted by Gasteiger charge is -2.21. The molecule has 7 nitrogen and oxygen atoms in total. The predicted molar refractivity (Wildman–Crippen MR) is 69.7 cm³/mol. The molecule has 1 aliphatic carbocycles. The zero-order valence-electron chi connectivity index (χ0n) is 11.1. The standard InChI is InChI=1S/C11H22N2O5S/c1-13(6-5-11(15)16)19(17,18)12-7-9-3-2-4-10(9)8-14/h9-10,12,14H,2-8H2,1H3,(H,15,16). The molecule has 0 aromatic heterocycles. The summed E-state index contributed by atoms with van der Waals surface area (Å²) in [5.74, 6) is -0.710. The van der Waals surface area contributed by atoms with Crippen LogP contribution in [0, 0.1) is 11.8 Å². The average molecular weight is 294 g/mol. The summed E-state index contributed by atoms with van der Waals surface area (Å²) in [5.41, 5.74) is 0. The van der Waals surface area contributed by atoms with E-state index in [2.05, 4.69) is 4.72 Å². The van der Waals surface area contributed by atoms with Gasteiger partial charge in [0.2, 0.25) is 0 Å². The van der Waals surface area contributed by atoms with Crippen molar-refractivity contribution < 1.29 is 23.4 Å². The van der Waals surface area contributed by atoms with E-state index in [0.717, 1.165) is 23.6 Å². The molecule has 19 heavy (non-hydrogen) atoms. The number of aliphatic hydroxyl groups is 1. The van der Waals surface area contributed by atoms with E-state index in [4.69, 9.17) is 10.2 Å². The third-order valence-corrected chi connectivity index (χ3v) is 5.16. The van der Waals surface area contributed by atoms with Gasteiger partial charge in [-0.15, -0.1) is 0 Å². The lowest BCUT2D eigenvalue weighted by atomic mass is 9.97. The Bertz CT molecular complexity index is 398. The van der Waals surface area contributed by atoms with Crippen LogP contribution < -0.4 is 4.72 Å². The zero-order chi connectivity index (χ0) is 14.5. The van der Waals surface area contributed by atoms with Crippen LogP contribution in [0.2, 0.25) is 0 Å². The number of aliphatic carboxylic acids is 1. The molecular weight excluding hydrogens is 272 g/mol. The van der Waals surface area contributed by atoms with E-state index in [-0.39, 0.29) is 31.4 Å². The molecule has 8 heteroatoms. The van der Waals surface area contributed by atoms with E-state index in [0.29, 0.717) is 6.54 Å². The molecule has 2 unspecified atom stereocenters. The summed E-state index contributed by atoms with van der Waals surface area (Å²) in [6.07, 6.45) is 2.62. The Labute approximate surface area is 113 Å². The van der Waals surface area contributed by atoms with Crippen molar-refractivity contribution in [2.24, 2.45) is 11.8 Å². The highest BCUT2D eigenvalue weighted by atomic mass is 32.2. The molecule has 0 aromatic carbocycles. The Balaban J connectivity index is 2.43. The minimum absolute atomic E-state index is 0.0568. The van der Waals surface area contributed by atoms with Gasteiger partial charge in [0.1, 0.15) is 0 Å². The van der Waals surface area contributed by atoms with Crippen molar-refractivity contribution in [3.63, 3.8) is 0 Å². The molecule has 0 aliphatic heterocycles. The van der Waals surface area contributed by atoms with Crippen molar-refractivity contribution in [3.8, 4) is 0 Å². The second-order valence-electron chi connectivity index (χ2n) is 4.95. The summed E-state index contributed by atoms with van der Waals surface area (Å²) in [5, 5.41) is 17.7. The molecule has 112 valence electrons. The van der Waals surface area contributed by atoms with Gasteiger partial charge in [0, 0.05) is 26.7 Å². The monoisotopic (exact) mass is 294 g/mol. The Morgan fingerprint density at radius 3 is 2.58 bits per heavy atom. The van der Waals surface area contributed by atoms with Gasteiger partial charge >= 0.3 is 5.97 Å². The molecule has 1 fully saturated rings. The normalized spacial score (nSPS) is 23.9. The van der Waals surface area contributed by atoms with E-state index in [1.165, 1.54) is 7.05 Å². The van der Waals surface area contributed by atoms with E-state index in [9.17, 15) is 13.2 Å². The smallest absolute Gasteiger partial charge is 0.304 e. The van der Waals surface area contributed by atoms with Crippen molar-refractivity contribution in [3.05, 3.63) is 0 Å². The Morgan fingerprint density at radius 1 is 1.37 bits per heavy atom. The first-order valence-electron chi connectivity index (χ1n) is 6.40. The van der Waals surface area contributed by atoms with Crippen molar-refractivity contribution >= 4 is 16.2 Å². The fraction of sp³-hybridized carbons (Fsp3) is 0.909. The Kier molecular flexibility index (Phi) is 6.18. The first kappa shape index (κ1) is 16.4. The van der Waals surface area contributed by atoms with Gasteiger partial charge in [-0.05, 0) is 24.7 Å². The summed E-state index contributed by atoms with van der Waals surface area (Å²) in [6.45, 7) is 0.324. The fourth-order valence-electron chi connectivity index (χ4n) is 2.32. The summed E-state index contributed by atoms with van der Waals surface area (Å²) >= 11 is 0. The van der Waals surface area contributed by atoms with Crippen molar-refractivity contribution in [2.75, 3.05) is 26.7 Å². The number of rotatable bonds is 8. The van der Waals surface area contributed by atoms with Gasteiger partial charge in [0.05, 0.1) is 6.42 Å². The molecule has 0 spiro atoms. The van der Waals surface area contributed by atoms with Crippen LogP contribution in [0.15, 0.2) is 0 Å². The lowest BCUT2D eigenvalue weighted by molar-refractivity contribution is -0.137. The van der Waals surface area contributed by atoms with Gasteiger partial charge in [-0.3, -0.25) is 4.79 Å². The summed E-state index contributed by atoms with van der Waals surface area (Å²) in [7, 11) is -2.29. The minimum Gasteiger partial charge on any atom is -0.481 e. The molecule has 0 bridgehead atoms. The van der Waals surface area contributed by atoms with Crippen molar-refractivity contribution in [1.29, 1.82) is 0 Å². The fourth-order valence-corrected chi connectivity index (χ4v) is 3.30. The third-order valence-electron chi connectivity index (χ3n) is 3.63. The van der Waals surface area contributed by atoms with E-state index in [1.54, 1.807) is 0 Å². The molecular formula is C11H22N2O5S. The third kappa shape index (κ3) is 5.06. The molecule has 1 saturated carbocycles. The van der Waals surface area contributed by atoms with Gasteiger partial charge < -0.3 is 10.2 Å². The van der Waals surface area contributed by atoms with E-state index < -0.39 is 16.2 Å². The van der Waals surface area contributed by atoms with Crippen LogP contribution >= 0.6 is 0 Å². The number of carboxylic acid groups (broad SMARTS) is 1. The molecule has 0 heterocycles. The molecule has 0 saturated heterocycles. The second kappa shape index (κ2) is 7.18. The summed E-state index contributed by atoms with van der Waals surface area (Å²) < 4.78 is 27.2. The number of nitrogens with zero attached hydrogens (tertiary/aromatic N) is 1. The maximum atomic E-state index is 11.9. The van der Waals surface area contributed by atoms with Gasteiger partial charge in [-0.2, -0.15) is 12.7 Å². The lowest BCUT2D eigenvalue weighted by Crippen LogP contribution is -2.41.